The highest BCUT2D eigenvalue weighted by Gasteiger charge is 2.29. The number of rotatable bonds is 4. The zero-order valence-electron chi connectivity index (χ0n) is 13.8. The van der Waals surface area contributed by atoms with Crippen LogP contribution in [-0.4, -0.2) is 29.7 Å². The van der Waals surface area contributed by atoms with Gasteiger partial charge in [-0.25, -0.2) is 4.39 Å². The molecule has 0 radical (unpaired) electrons. The maximum atomic E-state index is 13.9. The van der Waals surface area contributed by atoms with Crippen molar-refractivity contribution in [3.63, 3.8) is 0 Å². The second-order valence-electron chi connectivity index (χ2n) is 6.34. The van der Waals surface area contributed by atoms with Gasteiger partial charge in [0.05, 0.1) is 5.56 Å². The molecule has 3 nitrogen and oxygen atoms in total. The number of carbonyl (C=O) groups is 2. The van der Waals surface area contributed by atoms with E-state index in [0.717, 1.165) is 18.4 Å². The van der Waals surface area contributed by atoms with E-state index in [1.807, 2.05) is 30.3 Å². The summed E-state index contributed by atoms with van der Waals surface area (Å²) in [5.74, 6) is -1.08. The maximum Gasteiger partial charge on any atom is 0.256 e. The van der Waals surface area contributed by atoms with Gasteiger partial charge in [-0.1, -0.05) is 41.9 Å². The van der Waals surface area contributed by atoms with Gasteiger partial charge in [0.15, 0.2) is 0 Å². The van der Waals surface area contributed by atoms with Crippen LogP contribution in [0.15, 0.2) is 48.5 Å². The molecule has 3 rings (SSSR count). The molecule has 1 aliphatic heterocycles. The van der Waals surface area contributed by atoms with Crippen LogP contribution >= 0.6 is 11.6 Å². The first kappa shape index (κ1) is 17.6. The molecule has 0 aromatic heterocycles. The quantitative estimate of drug-likeness (QED) is 0.822. The molecule has 1 fully saturated rings. The summed E-state index contributed by atoms with van der Waals surface area (Å²) in [5.41, 5.74) is 0.931. The van der Waals surface area contributed by atoms with Gasteiger partial charge in [0.25, 0.3) is 5.91 Å². The smallest absolute Gasteiger partial charge is 0.256 e. The SMILES string of the molecule is O=C(Cc1ccccc1)[C@H]1CCCN(C(=O)c2cc(Cl)ccc2F)C1. The largest absolute Gasteiger partial charge is 0.338 e. The number of benzene rings is 2. The molecule has 0 spiro atoms. The standard InChI is InChI=1S/C20H19ClFNO2/c21-16-8-9-18(22)17(12-16)20(25)23-10-4-7-15(13-23)19(24)11-14-5-2-1-3-6-14/h1-3,5-6,8-9,12,15H,4,7,10-11,13H2/t15-/m0/s1. The Morgan fingerprint density at radius 2 is 1.92 bits per heavy atom. The summed E-state index contributed by atoms with van der Waals surface area (Å²) in [6.45, 7) is 0.857. The first-order chi connectivity index (χ1) is 12.0. The topological polar surface area (TPSA) is 37.4 Å². The Morgan fingerprint density at radius 1 is 1.16 bits per heavy atom. The lowest BCUT2D eigenvalue weighted by atomic mass is 9.90. The molecular weight excluding hydrogens is 341 g/mol. The first-order valence-corrected chi connectivity index (χ1v) is 8.73. The van der Waals surface area contributed by atoms with Crippen LogP contribution in [0.25, 0.3) is 0 Å². The molecule has 2 aromatic rings. The predicted molar refractivity (Wildman–Crippen MR) is 95.2 cm³/mol. The molecule has 0 bridgehead atoms. The van der Waals surface area contributed by atoms with Gasteiger partial charge in [0, 0.05) is 30.5 Å². The third-order valence-corrected chi connectivity index (χ3v) is 4.78. The van der Waals surface area contributed by atoms with Gasteiger partial charge in [-0.15, -0.1) is 0 Å². The number of Topliss-reactive ketones (excluding diaryl/α,β-unsaturated/α-hetero) is 1. The van der Waals surface area contributed by atoms with Gasteiger partial charge in [0.1, 0.15) is 11.6 Å². The lowest BCUT2D eigenvalue weighted by Crippen LogP contribution is -2.43. The van der Waals surface area contributed by atoms with Crippen molar-refractivity contribution >= 4 is 23.3 Å². The second kappa shape index (κ2) is 7.79. The molecule has 1 saturated heterocycles. The van der Waals surface area contributed by atoms with Gasteiger partial charge in [-0.05, 0) is 36.6 Å². The van der Waals surface area contributed by atoms with E-state index < -0.39 is 11.7 Å². The molecule has 5 heteroatoms. The number of carbonyl (C=O) groups excluding carboxylic acids is 2. The van der Waals surface area contributed by atoms with Crippen molar-refractivity contribution < 1.29 is 14.0 Å². The Hall–Kier alpha value is -2.20. The normalized spacial score (nSPS) is 17.4. The molecule has 1 heterocycles. The minimum Gasteiger partial charge on any atom is -0.338 e. The minimum absolute atomic E-state index is 0.0383. The fourth-order valence-corrected chi connectivity index (χ4v) is 3.37. The van der Waals surface area contributed by atoms with Gasteiger partial charge < -0.3 is 4.90 Å². The van der Waals surface area contributed by atoms with Gasteiger partial charge in [-0.2, -0.15) is 0 Å². The average molecular weight is 360 g/mol. The van der Waals surface area contributed by atoms with E-state index in [2.05, 4.69) is 0 Å². The Kier molecular flexibility index (Phi) is 5.49. The highest BCUT2D eigenvalue weighted by molar-refractivity contribution is 6.31. The molecule has 1 amide bonds. The number of halogens is 2. The highest BCUT2D eigenvalue weighted by atomic mass is 35.5. The Labute approximate surface area is 151 Å². The third kappa shape index (κ3) is 4.26. The summed E-state index contributed by atoms with van der Waals surface area (Å²) >= 11 is 5.88. The molecular formula is C20H19ClFNO2. The Bertz CT molecular complexity index is 779. The van der Waals surface area contributed by atoms with Crippen molar-refractivity contribution in [2.75, 3.05) is 13.1 Å². The van der Waals surface area contributed by atoms with Crippen LogP contribution in [0.1, 0.15) is 28.8 Å². The number of hydrogen-bond acceptors (Lipinski definition) is 2. The summed E-state index contributed by atoms with van der Waals surface area (Å²) < 4.78 is 13.9. The first-order valence-electron chi connectivity index (χ1n) is 8.35. The van der Waals surface area contributed by atoms with E-state index in [4.69, 9.17) is 11.6 Å². The monoisotopic (exact) mass is 359 g/mol. The summed E-state index contributed by atoms with van der Waals surface area (Å²) in [6, 6.07) is 13.5. The van der Waals surface area contributed by atoms with Crippen molar-refractivity contribution in [3.8, 4) is 0 Å². The number of hydrogen-bond donors (Lipinski definition) is 0. The van der Waals surface area contributed by atoms with E-state index in [1.165, 1.54) is 18.2 Å². The highest BCUT2D eigenvalue weighted by Crippen LogP contribution is 2.23. The number of likely N-dealkylation sites (tertiary alicyclic amines) is 1. The summed E-state index contributed by atoms with van der Waals surface area (Å²) in [5, 5.41) is 0.318. The van der Waals surface area contributed by atoms with Crippen molar-refractivity contribution in [2.45, 2.75) is 19.3 Å². The molecule has 1 aliphatic rings. The molecule has 0 saturated carbocycles. The fourth-order valence-electron chi connectivity index (χ4n) is 3.20. The molecule has 1 atom stereocenters. The molecule has 0 unspecified atom stereocenters. The molecule has 0 aliphatic carbocycles. The van der Waals surface area contributed by atoms with Crippen LogP contribution in [0.3, 0.4) is 0 Å². The van der Waals surface area contributed by atoms with Crippen LogP contribution in [0.2, 0.25) is 5.02 Å². The lowest BCUT2D eigenvalue weighted by molar-refractivity contribution is -0.123. The fraction of sp³-hybridized carbons (Fsp3) is 0.300. The summed E-state index contributed by atoms with van der Waals surface area (Å²) in [4.78, 5) is 26.7. The Balaban J connectivity index is 1.69. The average Bonchev–Trinajstić information content (AvgIpc) is 2.64. The summed E-state index contributed by atoms with van der Waals surface area (Å²) in [6.07, 6.45) is 1.85. The van der Waals surface area contributed by atoms with Crippen LogP contribution in [0.5, 0.6) is 0 Å². The van der Waals surface area contributed by atoms with Crippen molar-refractivity contribution in [2.24, 2.45) is 5.92 Å². The van der Waals surface area contributed by atoms with Crippen LogP contribution in [0.4, 0.5) is 4.39 Å². The van der Waals surface area contributed by atoms with E-state index in [-0.39, 0.29) is 17.3 Å². The Morgan fingerprint density at radius 3 is 2.68 bits per heavy atom. The van der Waals surface area contributed by atoms with Crippen LogP contribution < -0.4 is 0 Å². The van der Waals surface area contributed by atoms with E-state index >= 15 is 0 Å². The van der Waals surface area contributed by atoms with E-state index in [1.54, 1.807) is 4.90 Å². The number of nitrogens with zero attached hydrogens (tertiary/aromatic N) is 1. The molecule has 0 N–H and O–H groups in total. The predicted octanol–water partition coefficient (Wildman–Crippen LogP) is 4.14. The lowest BCUT2D eigenvalue weighted by Gasteiger charge is -2.32. The zero-order valence-corrected chi connectivity index (χ0v) is 14.5. The third-order valence-electron chi connectivity index (χ3n) is 4.54. The minimum atomic E-state index is -0.591. The number of piperidine rings is 1. The zero-order chi connectivity index (χ0) is 17.8. The van der Waals surface area contributed by atoms with E-state index in [9.17, 15) is 14.0 Å². The molecule has 130 valence electrons. The van der Waals surface area contributed by atoms with Crippen LogP contribution in [0, 0.1) is 11.7 Å². The number of ketones is 1. The second-order valence-corrected chi connectivity index (χ2v) is 6.78. The molecule has 25 heavy (non-hydrogen) atoms. The van der Waals surface area contributed by atoms with Crippen LogP contribution in [-0.2, 0) is 11.2 Å². The summed E-state index contributed by atoms with van der Waals surface area (Å²) in [7, 11) is 0. The van der Waals surface area contributed by atoms with Crippen molar-refractivity contribution in [1.29, 1.82) is 0 Å². The van der Waals surface area contributed by atoms with Gasteiger partial charge >= 0.3 is 0 Å². The maximum absolute atomic E-state index is 13.9. The number of amides is 1. The van der Waals surface area contributed by atoms with Gasteiger partial charge in [-0.3, -0.25) is 9.59 Å². The van der Waals surface area contributed by atoms with Gasteiger partial charge in [0.2, 0.25) is 0 Å². The van der Waals surface area contributed by atoms with Crippen molar-refractivity contribution in [3.05, 3.63) is 70.5 Å². The van der Waals surface area contributed by atoms with E-state index in [0.29, 0.717) is 24.5 Å². The van der Waals surface area contributed by atoms with Crippen molar-refractivity contribution in [1.82, 2.24) is 4.90 Å². The molecule has 2 aromatic carbocycles.